The number of halogens is 1. The number of aromatic nitrogens is 1. The summed E-state index contributed by atoms with van der Waals surface area (Å²) in [4.78, 5) is 4.74. The Hall–Kier alpha value is -0.460. The molecule has 0 saturated heterocycles. The summed E-state index contributed by atoms with van der Waals surface area (Å²) in [7, 11) is 0. The largest absolute Gasteiger partial charge is 0.324 e. The van der Waals surface area contributed by atoms with Crippen LogP contribution in [-0.2, 0) is 11.8 Å². The number of thiazole rings is 1. The number of hydrogen-bond donors (Lipinski definition) is 1. The van der Waals surface area contributed by atoms with Crippen LogP contribution < -0.4 is 5.73 Å². The fourth-order valence-electron chi connectivity index (χ4n) is 2.00. The van der Waals surface area contributed by atoms with Gasteiger partial charge in [-0.1, -0.05) is 39.0 Å². The number of benzene rings is 1. The summed E-state index contributed by atoms with van der Waals surface area (Å²) in [6.45, 7) is 8.69. The first-order valence-corrected chi connectivity index (χ1v) is 8.70. The van der Waals surface area contributed by atoms with Crippen LogP contribution in [0.1, 0.15) is 48.6 Å². The Morgan fingerprint density at radius 1 is 1.35 bits per heavy atom. The summed E-state index contributed by atoms with van der Waals surface area (Å²) in [6, 6.07) is 6.34. The molecule has 0 aliphatic heterocycles. The summed E-state index contributed by atoms with van der Waals surface area (Å²) < 4.78 is 1.27. The van der Waals surface area contributed by atoms with Gasteiger partial charge in [-0.2, -0.15) is 0 Å². The highest BCUT2D eigenvalue weighted by Crippen LogP contribution is 2.28. The van der Waals surface area contributed by atoms with E-state index < -0.39 is 0 Å². The molecule has 0 amide bonds. The number of aryl methyl sites for hydroxylation is 1. The highest BCUT2D eigenvalue weighted by Gasteiger charge is 2.19. The molecule has 0 spiro atoms. The number of rotatable bonds is 3. The van der Waals surface area contributed by atoms with Crippen molar-refractivity contribution in [1.29, 1.82) is 0 Å². The Bertz CT molecular complexity index is 599. The highest BCUT2D eigenvalue weighted by atomic mass is 127. The normalized spacial score (nSPS) is 13.5. The summed E-state index contributed by atoms with van der Waals surface area (Å²) in [5.41, 5.74) is 10.1. The van der Waals surface area contributed by atoms with Gasteiger partial charge in [0.15, 0.2) is 0 Å². The standard InChI is InChI=1S/C16H21IN2S/c1-10-6-5-7-11(15(10)17)12(18)8-14-19-13(9-20-14)16(2,3)4/h5-7,9,12H,8,18H2,1-4H3. The first kappa shape index (κ1) is 15.9. The molecule has 2 aromatic rings. The smallest absolute Gasteiger partial charge is 0.0947 e. The molecule has 4 heteroatoms. The average Bonchev–Trinajstić information content (AvgIpc) is 2.81. The van der Waals surface area contributed by atoms with E-state index in [1.54, 1.807) is 11.3 Å². The van der Waals surface area contributed by atoms with Crippen LogP contribution in [0.4, 0.5) is 0 Å². The predicted octanol–water partition coefficient (Wildman–Crippen LogP) is 4.60. The van der Waals surface area contributed by atoms with E-state index in [1.807, 2.05) is 0 Å². The minimum absolute atomic E-state index is 0.0146. The summed E-state index contributed by atoms with van der Waals surface area (Å²) >= 11 is 4.10. The van der Waals surface area contributed by atoms with Gasteiger partial charge in [-0.3, -0.25) is 0 Å². The van der Waals surface area contributed by atoms with Gasteiger partial charge < -0.3 is 5.73 Å². The maximum atomic E-state index is 6.38. The van der Waals surface area contributed by atoms with Crippen molar-refractivity contribution >= 4 is 33.9 Å². The topological polar surface area (TPSA) is 38.9 Å². The van der Waals surface area contributed by atoms with Gasteiger partial charge in [0, 0.05) is 26.8 Å². The minimum Gasteiger partial charge on any atom is -0.324 e. The van der Waals surface area contributed by atoms with Crippen molar-refractivity contribution in [3.05, 3.63) is 49.0 Å². The molecule has 2 rings (SSSR count). The lowest BCUT2D eigenvalue weighted by Crippen LogP contribution is -2.16. The SMILES string of the molecule is Cc1cccc(C(N)Cc2nc(C(C)(C)C)cs2)c1I. The van der Waals surface area contributed by atoms with Crippen LogP contribution in [-0.4, -0.2) is 4.98 Å². The molecule has 0 bridgehead atoms. The number of hydrogen-bond acceptors (Lipinski definition) is 3. The van der Waals surface area contributed by atoms with Gasteiger partial charge in [0.25, 0.3) is 0 Å². The van der Waals surface area contributed by atoms with Crippen molar-refractivity contribution in [2.75, 3.05) is 0 Å². The molecule has 0 saturated carbocycles. The predicted molar refractivity (Wildman–Crippen MR) is 95.3 cm³/mol. The molecule has 2 N–H and O–H groups in total. The second-order valence-corrected chi connectivity index (χ2v) is 8.19. The third kappa shape index (κ3) is 3.59. The first-order chi connectivity index (χ1) is 9.29. The van der Waals surface area contributed by atoms with Gasteiger partial charge in [0.1, 0.15) is 0 Å². The van der Waals surface area contributed by atoms with Crippen molar-refractivity contribution in [2.24, 2.45) is 5.73 Å². The van der Waals surface area contributed by atoms with Gasteiger partial charge in [-0.05, 0) is 40.6 Å². The minimum atomic E-state index is 0.0146. The Morgan fingerprint density at radius 2 is 2.05 bits per heavy atom. The van der Waals surface area contributed by atoms with E-state index in [1.165, 1.54) is 14.7 Å². The van der Waals surface area contributed by atoms with Crippen molar-refractivity contribution < 1.29 is 0 Å². The van der Waals surface area contributed by atoms with Crippen LogP contribution in [0, 0.1) is 10.5 Å². The molecule has 108 valence electrons. The molecule has 2 nitrogen and oxygen atoms in total. The Kier molecular flexibility index (Phi) is 4.87. The van der Waals surface area contributed by atoms with Crippen LogP contribution in [0.25, 0.3) is 0 Å². The van der Waals surface area contributed by atoms with Gasteiger partial charge in [0.05, 0.1) is 10.7 Å². The molecule has 1 unspecified atom stereocenters. The summed E-state index contributed by atoms with van der Waals surface area (Å²) in [6.07, 6.45) is 0.806. The molecule has 20 heavy (non-hydrogen) atoms. The van der Waals surface area contributed by atoms with E-state index in [4.69, 9.17) is 10.7 Å². The highest BCUT2D eigenvalue weighted by molar-refractivity contribution is 14.1. The van der Waals surface area contributed by atoms with E-state index >= 15 is 0 Å². The summed E-state index contributed by atoms with van der Waals surface area (Å²) in [5, 5.41) is 3.28. The van der Waals surface area contributed by atoms with E-state index in [2.05, 4.69) is 73.9 Å². The van der Waals surface area contributed by atoms with E-state index in [0.29, 0.717) is 0 Å². The molecule has 1 aromatic carbocycles. The van der Waals surface area contributed by atoms with Crippen molar-refractivity contribution in [2.45, 2.75) is 45.6 Å². The molecule has 0 fully saturated rings. The molecule has 1 atom stereocenters. The maximum absolute atomic E-state index is 6.38. The zero-order valence-corrected chi connectivity index (χ0v) is 15.4. The molecular formula is C16H21IN2S. The first-order valence-electron chi connectivity index (χ1n) is 6.74. The van der Waals surface area contributed by atoms with E-state index in [0.717, 1.165) is 17.1 Å². The van der Waals surface area contributed by atoms with Crippen LogP contribution in [0.15, 0.2) is 23.6 Å². The second-order valence-electron chi connectivity index (χ2n) is 6.17. The lowest BCUT2D eigenvalue weighted by Gasteiger charge is -2.15. The maximum Gasteiger partial charge on any atom is 0.0947 e. The summed E-state index contributed by atoms with van der Waals surface area (Å²) in [5.74, 6) is 0. The zero-order chi connectivity index (χ0) is 14.9. The van der Waals surface area contributed by atoms with Gasteiger partial charge in [0.2, 0.25) is 0 Å². The quantitative estimate of drug-likeness (QED) is 0.766. The number of nitrogens with two attached hydrogens (primary N) is 1. The molecule has 0 aliphatic rings. The van der Waals surface area contributed by atoms with Crippen LogP contribution in [0.5, 0.6) is 0 Å². The van der Waals surface area contributed by atoms with Crippen molar-refractivity contribution in [1.82, 2.24) is 4.98 Å². The Balaban J connectivity index is 2.18. The zero-order valence-electron chi connectivity index (χ0n) is 12.4. The van der Waals surface area contributed by atoms with Gasteiger partial charge in [-0.15, -0.1) is 11.3 Å². The molecule has 0 radical (unpaired) electrons. The monoisotopic (exact) mass is 400 g/mol. The lowest BCUT2D eigenvalue weighted by atomic mass is 9.93. The second kappa shape index (κ2) is 6.12. The van der Waals surface area contributed by atoms with E-state index in [-0.39, 0.29) is 11.5 Å². The van der Waals surface area contributed by atoms with Gasteiger partial charge in [-0.25, -0.2) is 4.98 Å². The van der Waals surface area contributed by atoms with Crippen LogP contribution in [0.3, 0.4) is 0 Å². The fraction of sp³-hybridized carbons (Fsp3) is 0.438. The third-order valence-corrected chi connectivity index (χ3v) is 5.68. The number of nitrogens with zero attached hydrogens (tertiary/aromatic N) is 1. The molecular weight excluding hydrogens is 379 g/mol. The fourth-order valence-corrected chi connectivity index (χ4v) is 3.84. The molecule has 1 aromatic heterocycles. The third-order valence-electron chi connectivity index (χ3n) is 3.34. The van der Waals surface area contributed by atoms with Crippen molar-refractivity contribution in [3.8, 4) is 0 Å². The lowest BCUT2D eigenvalue weighted by molar-refractivity contribution is 0.569. The average molecular weight is 400 g/mol. The van der Waals surface area contributed by atoms with E-state index in [9.17, 15) is 0 Å². The molecule has 1 heterocycles. The van der Waals surface area contributed by atoms with Crippen LogP contribution >= 0.6 is 33.9 Å². The Morgan fingerprint density at radius 3 is 2.65 bits per heavy atom. The van der Waals surface area contributed by atoms with Gasteiger partial charge >= 0.3 is 0 Å². The molecule has 0 aliphatic carbocycles. The Labute approximate surface area is 139 Å². The van der Waals surface area contributed by atoms with Crippen molar-refractivity contribution in [3.63, 3.8) is 0 Å². The van der Waals surface area contributed by atoms with Crippen LogP contribution in [0.2, 0.25) is 0 Å².